The van der Waals surface area contributed by atoms with Gasteiger partial charge in [-0.2, -0.15) is 0 Å². The van der Waals surface area contributed by atoms with Crippen LogP contribution in [0.3, 0.4) is 0 Å². The van der Waals surface area contributed by atoms with Gasteiger partial charge in [-0.15, -0.1) is 0 Å². The molecule has 0 aromatic heterocycles. The van der Waals surface area contributed by atoms with Crippen molar-refractivity contribution in [2.24, 2.45) is 5.92 Å². The summed E-state index contributed by atoms with van der Waals surface area (Å²) in [7, 11) is 2.05. The van der Waals surface area contributed by atoms with Gasteiger partial charge in [0.25, 0.3) is 0 Å². The Morgan fingerprint density at radius 2 is 2.12 bits per heavy atom. The van der Waals surface area contributed by atoms with E-state index in [9.17, 15) is 0 Å². The summed E-state index contributed by atoms with van der Waals surface area (Å²) in [5, 5.41) is 3.37. The highest BCUT2D eigenvalue weighted by Gasteiger charge is 2.30. The number of hydrogen-bond donors (Lipinski definition) is 1. The van der Waals surface area contributed by atoms with E-state index >= 15 is 0 Å². The first-order valence-corrected chi connectivity index (χ1v) is 6.96. The molecule has 2 heterocycles. The number of ether oxygens (including phenoxy) is 1. The number of nitrogens with one attached hydrogen (secondary N) is 1. The number of nitrogens with zero attached hydrogens (tertiary/aromatic N) is 2. The van der Waals surface area contributed by atoms with E-state index in [2.05, 4.69) is 29.0 Å². The van der Waals surface area contributed by atoms with Crippen molar-refractivity contribution in [3.63, 3.8) is 0 Å². The molecular formula is C13H27N3O. The minimum Gasteiger partial charge on any atom is -0.379 e. The third kappa shape index (κ3) is 3.19. The molecule has 0 aromatic rings. The lowest BCUT2D eigenvalue weighted by Crippen LogP contribution is -2.53. The van der Waals surface area contributed by atoms with Crippen LogP contribution in [0.25, 0.3) is 0 Å². The molecule has 0 bridgehead atoms. The van der Waals surface area contributed by atoms with Crippen LogP contribution in [0.5, 0.6) is 0 Å². The van der Waals surface area contributed by atoms with E-state index in [1.54, 1.807) is 0 Å². The van der Waals surface area contributed by atoms with Crippen LogP contribution < -0.4 is 5.32 Å². The molecule has 2 saturated heterocycles. The van der Waals surface area contributed by atoms with E-state index in [0.717, 1.165) is 13.2 Å². The minimum atomic E-state index is 0.550. The maximum atomic E-state index is 5.57. The van der Waals surface area contributed by atoms with Crippen molar-refractivity contribution in [1.82, 2.24) is 15.1 Å². The van der Waals surface area contributed by atoms with Crippen molar-refractivity contribution in [3.8, 4) is 0 Å². The molecule has 2 aliphatic heterocycles. The van der Waals surface area contributed by atoms with Crippen LogP contribution in [0.15, 0.2) is 0 Å². The normalized spacial score (nSPS) is 36.5. The fraction of sp³-hybridized carbons (Fsp3) is 1.00. The molecule has 3 unspecified atom stereocenters. The Bertz CT molecular complexity index is 237. The zero-order valence-electron chi connectivity index (χ0n) is 11.5. The lowest BCUT2D eigenvalue weighted by Gasteiger charge is -2.40. The van der Waals surface area contributed by atoms with Crippen molar-refractivity contribution in [3.05, 3.63) is 0 Å². The highest BCUT2D eigenvalue weighted by molar-refractivity contribution is 4.86. The molecule has 0 aromatic carbocycles. The van der Waals surface area contributed by atoms with E-state index in [1.807, 2.05) is 7.05 Å². The molecule has 2 rings (SSSR count). The second-order valence-corrected chi connectivity index (χ2v) is 5.43. The first-order chi connectivity index (χ1) is 8.24. The Morgan fingerprint density at radius 3 is 2.76 bits per heavy atom. The van der Waals surface area contributed by atoms with Crippen molar-refractivity contribution in [2.45, 2.75) is 25.9 Å². The summed E-state index contributed by atoms with van der Waals surface area (Å²) < 4.78 is 5.57. The van der Waals surface area contributed by atoms with Crippen molar-refractivity contribution < 1.29 is 4.74 Å². The van der Waals surface area contributed by atoms with Gasteiger partial charge in [0.1, 0.15) is 0 Å². The summed E-state index contributed by atoms with van der Waals surface area (Å²) in [6, 6.07) is 1.25. The average molecular weight is 241 g/mol. The lowest BCUT2D eigenvalue weighted by atomic mass is 10.0. The molecule has 0 aliphatic carbocycles. The molecule has 0 spiro atoms. The first kappa shape index (κ1) is 13.3. The largest absolute Gasteiger partial charge is 0.379 e. The van der Waals surface area contributed by atoms with E-state index in [0.29, 0.717) is 18.0 Å². The maximum absolute atomic E-state index is 5.57. The van der Waals surface area contributed by atoms with Gasteiger partial charge in [0.05, 0.1) is 13.2 Å². The van der Waals surface area contributed by atoms with Crippen molar-refractivity contribution >= 4 is 0 Å². The summed E-state index contributed by atoms with van der Waals surface area (Å²) in [5.74, 6) is 0.667. The fourth-order valence-corrected chi connectivity index (χ4v) is 3.14. The zero-order valence-corrected chi connectivity index (χ0v) is 11.5. The summed E-state index contributed by atoms with van der Waals surface area (Å²) in [6.45, 7) is 12.4. The zero-order chi connectivity index (χ0) is 12.3. The molecule has 4 heteroatoms. The number of hydrogen-bond acceptors (Lipinski definition) is 4. The van der Waals surface area contributed by atoms with Gasteiger partial charge in [-0.1, -0.05) is 6.92 Å². The van der Waals surface area contributed by atoms with Gasteiger partial charge < -0.3 is 15.0 Å². The molecule has 0 amide bonds. The third-order valence-electron chi connectivity index (χ3n) is 4.32. The number of likely N-dealkylation sites (N-methyl/N-ethyl adjacent to an activating group) is 2. The molecule has 100 valence electrons. The van der Waals surface area contributed by atoms with Gasteiger partial charge >= 0.3 is 0 Å². The quantitative estimate of drug-likeness (QED) is 0.763. The van der Waals surface area contributed by atoms with E-state index in [-0.39, 0.29) is 0 Å². The molecule has 2 aliphatic rings. The van der Waals surface area contributed by atoms with Crippen molar-refractivity contribution in [1.29, 1.82) is 0 Å². The van der Waals surface area contributed by atoms with E-state index in [4.69, 9.17) is 4.74 Å². The van der Waals surface area contributed by atoms with Gasteiger partial charge in [-0.05, 0) is 20.5 Å². The molecule has 3 atom stereocenters. The average Bonchev–Trinajstić information content (AvgIpc) is 2.76. The Hall–Kier alpha value is -0.160. The van der Waals surface area contributed by atoms with Gasteiger partial charge in [0.2, 0.25) is 0 Å². The molecular weight excluding hydrogens is 214 g/mol. The lowest BCUT2D eigenvalue weighted by molar-refractivity contribution is 0.0727. The van der Waals surface area contributed by atoms with Crippen LogP contribution in [0.2, 0.25) is 0 Å². The third-order valence-corrected chi connectivity index (χ3v) is 4.32. The van der Waals surface area contributed by atoms with Gasteiger partial charge in [-0.25, -0.2) is 0 Å². The van der Waals surface area contributed by atoms with E-state index in [1.165, 1.54) is 32.7 Å². The van der Waals surface area contributed by atoms with Crippen LogP contribution in [0, 0.1) is 5.92 Å². The predicted octanol–water partition coefficient (Wildman–Crippen LogP) is 0.247. The Labute approximate surface area is 105 Å². The Balaban J connectivity index is 1.80. The standard InChI is InChI=1S/C13H27N3O/c1-4-16-6-5-15(7-11(16)2)8-12-9-17-10-13(12)14-3/h11-14H,4-10H2,1-3H3. The smallest absolute Gasteiger partial charge is 0.0623 e. The number of piperazine rings is 1. The SMILES string of the molecule is CCN1CCN(CC2COCC2NC)CC1C. The van der Waals surface area contributed by atoms with Crippen LogP contribution in [0.1, 0.15) is 13.8 Å². The molecule has 0 saturated carbocycles. The summed E-state index contributed by atoms with van der Waals surface area (Å²) in [5.41, 5.74) is 0. The second-order valence-electron chi connectivity index (χ2n) is 5.43. The van der Waals surface area contributed by atoms with Gasteiger partial charge in [0, 0.05) is 44.2 Å². The van der Waals surface area contributed by atoms with Crippen LogP contribution >= 0.6 is 0 Å². The topological polar surface area (TPSA) is 27.7 Å². The highest BCUT2D eigenvalue weighted by Crippen LogP contribution is 2.17. The fourth-order valence-electron chi connectivity index (χ4n) is 3.14. The minimum absolute atomic E-state index is 0.550. The summed E-state index contributed by atoms with van der Waals surface area (Å²) in [4.78, 5) is 5.18. The molecule has 4 nitrogen and oxygen atoms in total. The molecule has 2 fully saturated rings. The van der Waals surface area contributed by atoms with Crippen LogP contribution in [-0.2, 0) is 4.74 Å². The van der Waals surface area contributed by atoms with Crippen LogP contribution in [-0.4, -0.2) is 74.9 Å². The highest BCUT2D eigenvalue weighted by atomic mass is 16.5. The molecule has 0 radical (unpaired) electrons. The monoisotopic (exact) mass is 241 g/mol. The molecule has 1 N–H and O–H groups in total. The first-order valence-electron chi connectivity index (χ1n) is 6.96. The number of rotatable bonds is 4. The van der Waals surface area contributed by atoms with E-state index < -0.39 is 0 Å². The Morgan fingerprint density at radius 1 is 1.29 bits per heavy atom. The van der Waals surface area contributed by atoms with Gasteiger partial charge in [0.15, 0.2) is 0 Å². The van der Waals surface area contributed by atoms with Crippen LogP contribution in [0.4, 0.5) is 0 Å². The summed E-state index contributed by atoms with van der Waals surface area (Å²) in [6.07, 6.45) is 0. The maximum Gasteiger partial charge on any atom is 0.0623 e. The molecule has 17 heavy (non-hydrogen) atoms. The Kier molecular flexibility index (Phi) is 4.79. The van der Waals surface area contributed by atoms with Crippen molar-refractivity contribution in [2.75, 3.05) is 53.0 Å². The van der Waals surface area contributed by atoms with Gasteiger partial charge in [-0.3, -0.25) is 4.90 Å². The second kappa shape index (κ2) is 6.14. The predicted molar refractivity (Wildman–Crippen MR) is 70.3 cm³/mol. The summed E-state index contributed by atoms with van der Waals surface area (Å²) >= 11 is 0.